The van der Waals surface area contributed by atoms with E-state index in [1.54, 1.807) is 25.6 Å². The maximum absolute atomic E-state index is 12.4. The first-order chi connectivity index (χ1) is 8.63. The van der Waals surface area contributed by atoms with Gasteiger partial charge in [0.2, 0.25) is 0 Å². The molecule has 1 amide bonds. The summed E-state index contributed by atoms with van der Waals surface area (Å²) in [5.74, 6) is 0.824. The predicted molar refractivity (Wildman–Crippen MR) is 70.1 cm³/mol. The number of aromatic nitrogens is 1. The number of alkyl halides is 1. The molecule has 2 heterocycles. The lowest BCUT2D eigenvalue weighted by Crippen LogP contribution is -2.43. The van der Waals surface area contributed by atoms with Crippen molar-refractivity contribution >= 4 is 17.5 Å². The molecule has 5 heteroatoms. The van der Waals surface area contributed by atoms with E-state index in [9.17, 15) is 4.79 Å². The molecule has 0 N–H and O–H groups in total. The molecule has 1 aliphatic heterocycles. The molecule has 98 valence electrons. The molecule has 0 radical (unpaired) electrons. The van der Waals surface area contributed by atoms with Crippen molar-refractivity contribution in [2.24, 2.45) is 5.92 Å². The van der Waals surface area contributed by atoms with E-state index in [1.165, 1.54) is 0 Å². The van der Waals surface area contributed by atoms with Crippen LogP contribution in [0.15, 0.2) is 18.5 Å². The van der Waals surface area contributed by atoms with Crippen LogP contribution in [0.3, 0.4) is 0 Å². The van der Waals surface area contributed by atoms with Crippen LogP contribution in [0, 0.1) is 5.92 Å². The number of nitrogens with zero attached hydrogens (tertiary/aromatic N) is 2. The quantitative estimate of drug-likeness (QED) is 0.772. The van der Waals surface area contributed by atoms with Crippen molar-refractivity contribution < 1.29 is 9.53 Å². The molecular weight excluding hydrogens is 252 g/mol. The van der Waals surface area contributed by atoms with Gasteiger partial charge in [0.05, 0.1) is 18.9 Å². The standard InChI is InChI=1S/C13H17ClN2O2/c1-9-8-16(6-4-11(9)14)13(17)10-3-5-15-7-12(10)18-2/h3,5,7,9,11H,4,6,8H2,1-2H3. The first kappa shape index (κ1) is 13.1. The molecule has 0 spiro atoms. The molecule has 2 unspecified atom stereocenters. The first-order valence-electron chi connectivity index (χ1n) is 6.05. The van der Waals surface area contributed by atoms with Gasteiger partial charge in [-0.3, -0.25) is 9.78 Å². The lowest BCUT2D eigenvalue weighted by Gasteiger charge is -2.34. The number of likely N-dealkylation sites (tertiary alicyclic amines) is 1. The molecule has 2 rings (SSSR count). The molecule has 1 saturated heterocycles. The van der Waals surface area contributed by atoms with Gasteiger partial charge in [0.1, 0.15) is 5.75 Å². The van der Waals surface area contributed by atoms with Crippen molar-refractivity contribution in [2.45, 2.75) is 18.7 Å². The molecule has 0 bridgehead atoms. The third-order valence-electron chi connectivity index (χ3n) is 3.32. The number of hydrogen-bond acceptors (Lipinski definition) is 3. The molecule has 1 aliphatic rings. The van der Waals surface area contributed by atoms with E-state index >= 15 is 0 Å². The van der Waals surface area contributed by atoms with Crippen molar-refractivity contribution in [3.05, 3.63) is 24.0 Å². The Morgan fingerprint density at radius 2 is 2.39 bits per heavy atom. The van der Waals surface area contributed by atoms with Crippen molar-refractivity contribution in [2.75, 3.05) is 20.2 Å². The Bertz CT molecular complexity index is 439. The lowest BCUT2D eigenvalue weighted by molar-refractivity contribution is 0.0683. The summed E-state index contributed by atoms with van der Waals surface area (Å²) in [5.41, 5.74) is 0.563. The van der Waals surface area contributed by atoms with Crippen LogP contribution in [-0.2, 0) is 0 Å². The minimum atomic E-state index is -0.00957. The molecule has 0 aliphatic carbocycles. The average molecular weight is 269 g/mol. The number of pyridine rings is 1. The highest BCUT2D eigenvalue weighted by Crippen LogP contribution is 2.25. The number of carbonyl (C=O) groups excluding carboxylic acids is 1. The highest BCUT2D eigenvalue weighted by atomic mass is 35.5. The van der Waals surface area contributed by atoms with Gasteiger partial charge in [-0.15, -0.1) is 11.6 Å². The second-order valence-corrected chi connectivity index (χ2v) is 5.17. The summed E-state index contributed by atoms with van der Waals surface area (Å²) in [6.45, 7) is 3.46. The maximum Gasteiger partial charge on any atom is 0.257 e. The number of rotatable bonds is 2. The molecule has 4 nitrogen and oxygen atoms in total. The third kappa shape index (κ3) is 2.58. The van der Waals surface area contributed by atoms with Gasteiger partial charge >= 0.3 is 0 Å². The van der Waals surface area contributed by atoms with Gasteiger partial charge in [-0.05, 0) is 18.4 Å². The fraction of sp³-hybridized carbons (Fsp3) is 0.538. The SMILES string of the molecule is COc1cnccc1C(=O)N1CCC(Cl)C(C)C1. The Morgan fingerprint density at radius 3 is 3.06 bits per heavy atom. The Labute approximate surface area is 112 Å². The Morgan fingerprint density at radius 1 is 1.61 bits per heavy atom. The fourth-order valence-corrected chi connectivity index (χ4v) is 2.37. The highest BCUT2D eigenvalue weighted by Gasteiger charge is 2.28. The monoisotopic (exact) mass is 268 g/mol. The topological polar surface area (TPSA) is 42.4 Å². The van der Waals surface area contributed by atoms with Gasteiger partial charge < -0.3 is 9.64 Å². The van der Waals surface area contributed by atoms with E-state index in [1.807, 2.05) is 4.90 Å². The van der Waals surface area contributed by atoms with Crippen LogP contribution in [0.4, 0.5) is 0 Å². The van der Waals surface area contributed by atoms with Crippen LogP contribution in [0.1, 0.15) is 23.7 Å². The minimum Gasteiger partial charge on any atom is -0.494 e. The normalized spacial score (nSPS) is 23.8. The lowest BCUT2D eigenvalue weighted by atomic mass is 9.99. The maximum atomic E-state index is 12.4. The molecule has 0 aromatic carbocycles. The van der Waals surface area contributed by atoms with Crippen LogP contribution in [0.5, 0.6) is 5.75 Å². The van der Waals surface area contributed by atoms with E-state index in [0.29, 0.717) is 30.3 Å². The van der Waals surface area contributed by atoms with E-state index in [4.69, 9.17) is 16.3 Å². The summed E-state index contributed by atoms with van der Waals surface area (Å²) < 4.78 is 5.17. The van der Waals surface area contributed by atoms with Gasteiger partial charge in [0.25, 0.3) is 5.91 Å². The number of hydrogen-bond donors (Lipinski definition) is 0. The van der Waals surface area contributed by atoms with E-state index < -0.39 is 0 Å². The summed E-state index contributed by atoms with van der Waals surface area (Å²) in [7, 11) is 1.54. The van der Waals surface area contributed by atoms with Gasteiger partial charge in [0, 0.05) is 24.7 Å². The molecule has 1 aromatic heterocycles. The zero-order valence-electron chi connectivity index (χ0n) is 10.6. The number of carbonyl (C=O) groups is 1. The molecule has 18 heavy (non-hydrogen) atoms. The van der Waals surface area contributed by atoms with Crippen molar-refractivity contribution in [3.8, 4) is 5.75 Å². The highest BCUT2D eigenvalue weighted by molar-refractivity contribution is 6.20. The molecular formula is C13H17ClN2O2. The smallest absolute Gasteiger partial charge is 0.257 e. The van der Waals surface area contributed by atoms with Gasteiger partial charge in [-0.2, -0.15) is 0 Å². The molecule has 0 saturated carbocycles. The minimum absolute atomic E-state index is 0.00957. The zero-order chi connectivity index (χ0) is 13.1. The summed E-state index contributed by atoms with van der Waals surface area (Å²) >= 11 is 6.17. The Balaban J connectivity index is 2.16. The largest absolute Gasteiger partial charge is 0.494 e. The predicted octanol–water partition coefficient (Wildman–Crippen LogP) is 2.18. The van der Waals surface area contributed by atoms with Crippen LogP contribution in [0.25, 0.3) is 0 Å². The number of amides is 1. The summed E-state index contributed by atoms with van der Waals surface area (Å²) in [6.07, 6.45) is 4.00. The van der Waals surface area contributed by atoms with Gasteiger partial charge in [0.15, 0.2) is 0 Å². The Hall–Kier alpha value is -1.29. The van der Waals surface area contributed by atoms with Crippen molar-refractivity contribution in [3.63, 3.8) is 0 Å². The fourth-order valence-electron chi connectivity index (χ4n) is 2.19. The number of methoxy groups -OCH3 is 1. The number of halogens is 1. The van der Waals surface area contributed by atoms with Crippen LogP contribution >= 0.6 is 11.6 Å². The van der Waals surface area contributed by atoms with Crippen LogP contribution < -0.4 is 4.74 Å². The van der Waals surface area contributed by atoms with Gasteiger partial charge in [-0.25, -0.2) is 0 Å². The second-order valence-electron chi connectivity index (χ2n) is 4.61. The first-order valence-corrected chi connectivity index (χ1v) is 6.48. The van der Waals surface area contributed by atoms with Gasteiger partial charge in [-0.1, -0.05) is 6.92 Å². The second kappa shape index (κ2) is 5.57. The van der Waals surface area contributed by atoms with Crippen molar-refractivity contribution in [1.29, 1.82) is 0 Å². The molecule has 1 aromatic rings. The van der Waals surface area contributed by atoms with E-state index in [0.717, 1.165) is 6.42 Å². The third-order valence-corrected chi connectivity index (χ3v) is 3.97. The summed E-state index contributed by atoms with van der Waals surface area (Å²) in [6, 6.07) is 1.69. The van der Waals surface area contributed by atoms with E-state index in [2.05, 4.69) is 11.9 Å². The summed E-state index contributed by atoms with van der Waals surface area (Å²) in [5, 5.41) is 0.161. The molecule has 2 atom stereocenters. The summed E-state index contributed by atoms with van der Waals surface area (Å²) in [4.78, 5) is 18.2. The average Bonchev–Trinajstić information content (AvgIpc) is 2.41. The zero-order valence-corrected chi connectivity index (χ0v) is 11.4. The number of ether oxygens (including phenoxy) is 1. The number of piperidine rings is 1. The Kier molecular flexibility index (Phi) is 4.07. The van der Waals surface area contributed by atoms with E-state index in [-0.39, 0.29) is 11.3 Å². The van der Waals surface area contributed by atoms with Crippen LogP contribution in [0.2, 0.25) is 0 Å². The molecule has 1 fully saturated rings. The van der Waals surface area contributed by atoms with Crippen molar-refractivity contribution in [1.82, 2.24) is 9.88 Å². The van der Waals surface area contributed by atoms with Crippen LogP contribution in [-0.4, -0.2) is 41.4 Å².